The van der Waals surface area contributed by atoms with Crippen molar-refractivity contribution in [1.29, 1.82) is 0 Å². The average molecular weight is 208 g/mol. The molecule has 0 spiro atoms. The maximum Gasteiger partial charge on any atom is 0.187 e. The van der Waals surface area contributed by atoms with Crippen LogP contribution in [0.3, 0.4) is 0 Å². The van der Waals surface area contributed by atoms with Gasteiger partial charge in [0.05, 0.1) is 4.91 Å². The minimum atomic E-state index is -2.97. The van der Waals surface area contributed by atoms with Crippen LogP contribution in [0.15, 0.2) is 29.2 Å². The Morgan fingerprint density at radius 2 is 2.07 bits per heavy atom. The molecule has 0 amide bonds. The number of ether oxygens (including phenoxy) is 1. The largest absolute Gasteiger partial charge is 0.491 e. The molecule has 2 aliphatic heterocycles. The Hall–Kier alpha value is -1.29. The number of para-hydroxylation sites is 1. The number of rotatable bonds is 0. The molecule has 2 aliphatic rings. The molecule has 1 aromatic carbocycles. The summed E-state index contributed by atoms with van der Waals surface area (Å²) in [6.07, 6.45) is 1.71. The highest BCUT2D eigenvalue weighted by Gasteiger charge is 2.52. The summed E-state index contributed by atoms with van der Waals surface area (Å²) in [7, 11) is -2.97. The van der Waals surface area contributed by atoms with E-state index in [0.29, 0.717) is 4.91 Å². The Balaban J connectivity index is 2.19. The number of benzene rings is 1. The van der Waals surface area contributed by atoms with Crippen LogP contribution in [0.25, 0.3) is 6.08 Å². The number of fused-ring (bicyclic) bond motifs is 2. The number of hydrogen-bond donors (Lipinski definition) is 0. The van der Waals surface area contributed by atoms with Crippen LogP contribution in [-0.2, 0) is 9.84 Å². The van der Waals surface area contributed by atoms with Crippen molar-refractivity contribution in [3.63, 3.8) is 0 Å². The fourth-order valence-corrected chi connectivity index (χ4v) is 3.19. The molecule has 0 bridgehead atoms. The molecule has 4 heteroatoms. The lowest BCUT2D eigenvalue weighted by atomic mass is 10.2. The molecule has 14 heavy (non-hydrogen) atoms. The molecule has 0 aliphatic carbocycles. The third kappa shape index (κ3) is 0.944. The lowest BCUT2D eigenvalue weighted by Crippen LogP contribution is -2.05. The normalized spacial score (nSPS) is 26.3. The third-order valence-corrected chi connectivity index (χ3v) is 4.51. The molecule has 1 aromatic rings. The van der Waals surface area contributed by atoms with Gasteiger partial charge in [0.2, 0.25) is 0 Å². The van der Waals surface area contributed by atoms with Gasteiger partial charge in [0.25, 0.3) is 0 Å². The van der Waals surface area contributed by atoms with Gasteiger partial charge in [0, 0.05) is 5.56 Å². The smallest absolute Gasteiger partial charge is 0.187 e. The molecule has 1 saturated heterocycles. The van der Waals surface area contributed by atoms with Gasteiger partial charge < -0.3 is 4.74 Å². The maximum atomic E-state index is 11.3. The molecule has 72 valence electrons. The summed E-state index contributed by atoms with van der Waals surface area (Å²) < 4.78 is 28.1. The van der Waals surface area contributed by atoms with Crippen molar-refractivity contribution in [2.75, 3.05) is 6.61 Å². The predicted octanol–water partition coefficient (Wildman–Crippen LogP) is 1.22. The highest BCUT2D eigenvalue weighted by molar-refractivity contribution is 8.04. The standard InChI is InChI=1S/C10H8O3S/c11-14(12)9-5-7-3-1-2-4-8(7)13-6-10(9)14/h1-5,10H,6H2. The molecule has 3 rings (SSSR count). The van der Waals surface area contributed by atoms with E-state index in [-0.39, 0.29) is 6.61 Å². The van der Waals surface area contributed by atoms with Crippen LogP contribution in [0.4, 0.5) is 0 Å². The number of sulfone groups is 1. The summed E-state index contributed by atoms with van der Waals surface area (Å²) in [5, 5.41) is -0.394. The van der Waals surface area contributed by atoms with Crippen LogP contribution in [0.2, 0.25) is 0 Å². The van der Waals surface area contributed by atoms with E-state index < -0.39 is 15.1 Å². The van der Waals surface area contributed by atoms with Gasteiger partial charge in [0.15, 0.2) is 9.84 Å². The maximum absolute atomic E-state index is 11.3. The molecule has 1 unspecified atom stereocenters. The van der Waals surface area contributed by atoms with E-state index in [1.807, 2.05) is 24.3 Å². The second-order valence-corrected chi connectivity index (χ2v) is 5.56. The first-order valence-corrected chi connectivity index (χ1v) is 5.91. The fourth-order valence-electron chi connectivity index (χ4n) is 1.69. The molecular weight excluding hydrogens is 200 g/mol. The Labute approximate surface area is 81.9 Å². The average Bonchev–Trinajstić information content (AvgIpc) is 2.75. The Morgan fingerprint density at radius 1 is 1.29 bits per heavy atom. The van der Waals surface area contributed by atoms with E-state index in [0.717, 1.165) is 11.3 Å². The van der Waals surface area contributed by atoms with E-state index in [1.54, 1.807) is 6.08 Å². The number of hydrogen-bond acceptors (Lipinski definition) is 3. The zero-order valence-electron chi connectivity index (χ0n) is 7.30. The van der Waals surface area contributed by atoms with Crippen LogP contribution in [0.1, 0.15) is 5.56 Å². The zero-order valence-corrected chi connectivity index (χ0v) is 8.12. The lowest BCUT2D eigenvalue weighted by molar-refractivity contribution is 0.333. The van der Waals surface area contributed by atoms with E-state index in [9.17, 15) is 8.42 Å². The van der Waals surface area contributed by atoms with E-state index in [1.165, 1.54) is 0 Å². The highest BCUT2D eigenvalue weighted by atomic mass is 32.2. The molecule has 1 fully saturated rings. The van der Waals surface area contributed by atoms with E-state index in [4.69, 9.17) is 4.74 Å². The second-order valence-electron chi connectivity index (χ2n) is 3.43. The van der Waals surface area contributed by atoms with Crippen LogP contribution >= 0.6 is 0 Å². The van der Waals surface area contributed by atoms with Gasteiger partial charge in [0.1, 0.15) is 17.6 Å². The molecule has 2 heterocycles. The minimum absolute atomic E-state index is 0.255. The first-order chi connectivity index (χ1) is 6.69. The minimum Gasteiger partial charge on any atom is -0.491 e. The summed E-state index contributed by atoms with van der Waals surface area (Å²) in [5.41, 5.74) is 0.853. The van der Waals surface area contributed by atoms with Crippen molar-refractivity contribution < 1.29 is 13.2 Å². The Kier molecular flexibility index (Phi) is 1.37. The monoisotopic (exact) mass is 208 g/mol. The zero-order chi connectivity index (χ0) is 9.76. The molecule has 3 nitrogen and oxygen atoms in total. The SMILES string of the molecule is O=S1(=O)C2=Cc3ccccc3OCC21. The van der Waals surface area contributed by atoms with Gasteiger partial charge in [-0.15, -0.1) is 0 Å². The van der Waals surface area contributed by atoms with Crippen molar-refractivity contribution in [2.45, 2.75) is 5.25 Å². The van der Waals surface area contributed by atoms with Crippen molar-refractivity contribution in [1.82, 2.24) is 0 Å². The van der Waals surface area contributed by atoms with Crippen LogP contribution in [0.5, 0.6) is 5.75 Å². The molecule has 0 aromatic heterocycles. The fraction of sp³-hybridized carbons (Fsp3) is 0.200. The molecule has 0 radical (unpaired) electrons. The molecule has 1 atom stereocenters. The van der Waals surface area contributed by atoms with Gasteiger partial charge in [-0.2, -0.15) is 0 Å². The van der Waals surface area contributed by atoms with Crippen molar-refractivity contribution >= 4 is 15.9 Å². The molecule has 0 saturated carbocycles. The van der Waals surface area contributed by atoms with Gasteiger partial charge in [-0.05, 0) is 12.1 Å². The third-order valence-electron chi connectivity index (χ3n) is 2.57. The van der Waals surface area contributed by atoms with Gasteiger partial charge in [-0.1, -0.05) is 18.2 Å². The summed E-state index contributed by atoms with van der Waals surface area (Å²) in [4.78, 5) is 0.516. The summed E-state index contributed by atoms with van der Waals surface area (Å²) in [6, 6.07) is 7.46. The lowest BCUT2D eigenvalue weighted by Gasteiger charge is -2.05. The van der Waals surface area contributed by atoms with Gasteiger partial charge >= 0.3 is 0 Å². The van der Waals surface area contributed by atoms with Gasteiger partial charge in [-0.3, -0.25) is 0 Å². The van der Waals surface area contributed by atoms with Crippen LogP contribution in [-0.4, -0.2) is 20.3 Å². The van der Waals surface area contributed by atoms with E-state index >= 15 is 0 Å². The summed E-state index contributed by atoms with van der Waals surface area (Å²) >= 11 is 0. The van der Waals surface area contributed by atoms with E-state index in [2.05, 4.69) is 0 Å². The van der Waals surface area contributed by atoms with Crippen LogP contribution in [0, 0.1) is 0 Å². The Morgan fingerprint density at radius 3 is 2.93 bits per heavy atom. The summed E-state index contributed by atoms with van der Waals surface area (Å²) in [6.45, 7) is 0.255. The predicted molar refractivity (Wildman–Crippen MR) is 52.6 cm³/mol. The second kappa shape index (κ2) is 2.39. The van der Waals surface area contributed by atoms with Crippen molar-refractivity contribution in [3.8, 4) is 5.75 Å². The topological polar surface area (TPSA) is 43.4 Å². The van der Waals surface area contributed by atoms with Gasteiger partial charge in [-0.25, -0.2) is 8.42 Å². The highest BCUT2D eigenvalue weighted by Crippen LogP contribution is 2.42. The molecular formula is C10H8O3S. The van der Waals surface area contributed by atoms with Crippen molar-refractivity contribution in [2.24, 2.45) is 0 Å². The van der Waals surface area contributed by atoms with Crippen LogP contribution < -0.4 is 4.74 Å². The molecule has 0 N–H and O–H groups in total. The van der Waals surface area contributed by atoms with Crippen molar-refractivity contribution in [3.05, 3.63) is 34.7 Å². The Bertz CT molecular complexity index is 528. The first-order valence-electron chi connectivity index (χ1n) is 4.37. The summed E-state index contributed by atoms with van der Waals surface area (Å²) in [5.74, 6) is 0.766. The first kappa shape index (κ1) is 8.05. The quantitative estimate of drug-likeness (QED) is 0.602.